The van der Waals surface area contributed by atoms with Gasteiger partial charge in [-0.3, -0.25) is 4.79 Å². The summed E-state index contributed by atoms with van der Waals surface area (Å²) in [7, 11) is 0. The van der Waals surface area contributed by atoms with Gasteiger partial charge in [-0.15, -0.1) is 0 Å². The fraction of sp³-hybridized carbons (Fsp3) is 0.381. The molecule has 4 rings (SSSR count). The van der Waals surface area contributed by atoms with Crippen molar-refractivity contribution in [1.82, 2.24) is 9.97 Å². The van der Waals surface area contributed by atoms with Gasteiger partial charge in [-0.2, -0.15) is 0 Å². The van der Waals surface area contributed by atoms with Crippen molar-refractivity contribution in [2.75, 3.05) is 23.3 Å². The minimum atomic E-state index is -0.0710. The maximum Gasteiger partial charge on any atom is 0.231 e. The zero-order chi connectivity index (χ0) is 19.0. The molecule has 1 aliphatic heterocycles. The highest BCUT2D eigenvalue weighted by Gasteiger charge is 2.28. The number of hydrogen-bond donors (Lipinski definition) is 1. The lowest BCUT2D eigenvalue weighted by molar-refractivity contribution is -0.120. The number of aryl methyl sites for hydroxylation is 3. The SMILES string of the molecule is Cc1ccc(NC(=O)[C@@H]2CCCN(c3ncnc4oc(C)c(C)c34)C2)cc1. The molecule has 1 aliphatic rings. The van der Waals surface area contributed by atoms with E-state index in [1.807, 2.05) is 45.0 Å². The number of nitrogens with one attached hydrogen (secondary N) is 1. The lowest BCUT2D eigenvalue weighted by atomic mass is 9.96. The fourth-order valence-corrected chi connectivity index (χ4v) is 3.67. The molecule has 1 N–H and O–H groups in total. The molecule has 0 saturated carbocycles. The fourth-order valence-electron chi connectivity index (χ4n) is 3.67. The van der Waals surface area contributed by atoms with E-state index in [1.54, 1.807) is 0 Å². The Bertz CT molecular complexity index is 978. The number of rotatable bonds is 3. The van der Waals surface area contributed by atoms with E-state index in [-0.39, 0.29) is 11.8 Å². The van der Waals surface area contributed by atoms with Crippen LogP contribution in [0, 0.1) is 26.7 Å². The minimum Gasteiger partial charge on any atom is -0.443 e. The molecule has 0 bridgehead atoms. The first-order chi connectivity index (χ1) is 13.0. The van der Waals surface area contributed by atoms with E-state index in [9.17, 15) is 4.79 Å². The number of piperidine rings is 1. The highest BCUT2D eigenvalue weighted by molar-refractivity contribution is 5.94. The monoisotopic (exact) mass is 364 g/mol. The molecule has 3 aromatic rings. The van der Waals surface area contributed by atoms with Crippen LogP contribution in [0.3, 0.4) is 0 Å². The van der Waals surface area contributed by atoms with Crippen molar-refractivity contribution in [3.8, 4) is 0 Å². The standard InChI is InChI=1S/C21H24N4O2/c1-13-6-8-17(9-7-13)24-20(26)16-5-4-10-25(11-16)19-18-14(2)15(3)27-21(18)23-12-22-19/h6-9,12,16H,4-5,10-11H2,1-3H3,(H,24,26)/t16-/m1/s1. The van der Waals surface area contributed by atoms with Crippen LogP contribution in [0.4, 0.5) is 11.5 Å². The summed E-state index contributed by atoms with van der Waals surface area (Å²) in [5.74, 6) is 1.71. The molecule has 2 aromatic heterocycles. The molecule has 0 radical (unpaired) electrons. The summed E-state index contributed by atoms with van der Waals surface area (Å²) >= 11 is 0. The van der Waals surface area contributed by atoms with Crippen LogP contribution in [0.15, 0.2) is 35.0 Å². The van der Waals surface area contributed by atoms with Gasteiger partial charge >= 0.3 is 0 Å². The van der Waals surface area contributed by atoms with Crippen molar-refractivity contribution >= 4 is 28.5 Å². The predicted molar refractivity (Wildman–Crippen MR) is 106 cm³/mol. The molecule has 0 spiro atoms. The van der Waals surface area contributed by atoms with E-state index >= 15 is 0 Å². The van der Waals surface area contributed by atoms with Crippen molar-refractivity contribution in [2.24, 2.45) is 5.92 Å². The first kappa shape index (κ1) is 17.5. The van der Waals surface area contributed by atoms with Gasteiger partial charge in [0, 0.05) is 24.3 Å². The van der Waals surface area contributed by atoms with Gasteiger partial charge in [-0.25, -0.2) is 9.97 Å². The Morgan fingerprint density at radius 1 is 1.19 bits per heavy atom. The summed E-state index contributed by atoms with van der Waals surface area (Å²) in [5, 5.41) is 4.00. The minimum absolute atomic E-state index is 0.0638. The molecule has 0 unspecified atom stereocenters. The van der Waals surface area contributed by atoms with E-state index < -0.39 is 0 Å². The number of benzene rings is 1. The Balaban J connectivity index is 1.55. The van der Waals surface area contributed by atoms with Crippen molar-refractivity contribution < 1.29 is 9.21 Å². The van der Waals surface area contributed by atoms with Crippen LogP contribution < -0.4 is 10.2 Å². The number of carbonyl (C=O) groups excluding carboxylic acids is 1. The summed E-state index contributed by atoms with van der Waals surface area (Å²) in [5.41, 5.74) is 3.69. The second-order valence-electron chi connectivity index (χ2n) is 7.30. The Kier molecular flexibility index (Phi) is 4.56. The molecule has 6 nitrogen and oxygen atoms in total. The van der Waals surface area contributed by atoms with E-state index in [1.165, 1.54) is 11.9 Å². The molecule has 1 aromatic carbocycles. The largest absolute Gasteiger partial charge is 0.443 e. The van der Waals surface area contributed by atoms with E-state index in [4.69, 9.17) is 4.42 Å². The first-order valence-corrected chi connectivity index (χ1v) is 9.36. The van der Waals surface area contributed by atoms with Crippen LogP contribution in [0.25, 0.3) is 11.1 Å². The Hall–Kier alpha value is -2.89. The zero-order valence-electron chi connectivity index (χ0n) is 16.0. The molecule has 6 heteroatoms. The van der Waals surface area contributed by atoms with Gasteiger partial charge in [-0.05, 0) is 45.7 Å². The number of aromatic nitrogens is 2. The van der Waals surface area contributed by atoms with Gasteiger partial charge in [0.25, 0.3) is 0 Å². The Morgan fingerprint density at radius 3 is 2.74 bits per heavy atom. The number of anilines is 2. The molecule has 140 valence electrons. The summed E-state index contributed by atoms with van der Waals surface area (Å²) in [6.07, 6.45) is 3.37. The van der Waals surface area contributed by atoms with Crippen LogP contribution in [0.1, 0.15) is 29.7 Å². The number of carbonyl (C=O) groups is 1. The summed E-state index contributed by atoms with van der Waals surface area (Å²) in [6.45, 7) is 7.53. The number of hydrogen-bond acceptors (Lipinski definition) is 5. The van der Waals surface area contributed by atoms with E-state index in [0.717, 1.165) is 47.6 Å². The third kappa shape index (κ3) is 3.39. The topological polar surface area (TPSA) is 71.3 Å². The van der Waals surface area contributed by atoms with Crippen LogP contribution >= 0.6 is 0 Å². The van der Waals surface area contributed by atoms with Gasteiger partial charge < -0.3 is 14.6 Å². The van der Waals surface area contributed by atoms with Crippen molar-refractivity contribution in [1.29, 1.82) is 0 Å². The van der Waals surface area contributed by atoms with Crippen molar-refractivity contribution in [3.63, 3.8) is 0 Å². The van der Waals surface area contributed by atoms with E-state index in [0.29, 0.717) is 12.3 Å². The maximum atomic E-state index is 12.8. The van der Waals surface area contributed by atoms with Crippen LogP contribution in [-0.4, -0.2) is 29.0 Å². The second-order valence-corrected chi connectivity index (χ2v) is 7.30. The second kappa shape index (κ2) is 7.02. The molecule has 1 fully saturated rings. The first-order valence-electron chi connectivity index (χ1n) is 9.36. The van der Waals surface area contributed by atoms with Crippen molar-refractivity contribution in [2.45, 2.75) is 33.6 Å². The lowest BCUT2D eigenvalue weighted by Gasteiger charge is -2.33. The average Bonchev–Trinajstić information content (AvgIpc) is 2.98. The Labute approximate surface area is 158 Å². The molecular weight excluding hydrogens is 340 g/mol. The van der Waals surface area contributed by atoms with Crippen molar-refractivity contribution in [3.05, 3.63) is 47.5 Å². The van der Waals surface area contributed by atoms with Gasteiger partial charge in [0.1, 0.15) is 17.9 Å². The van der Waals surface area contributed by atoms with Gasteiger partial charge in [0.15, 0.2) is 0 Å². The summed E-state index contributed by atoms with van der Waals surface area (Å²) in [4.78, 5) is 23.7. The zero-order valence-corrected chi connectivity index (χ0v) is 16.0. The highest BCUT2D eigenvalue weighted by Crippen LogP contribution is 2.32. The summed E-state index contributed by atoms with van der Waals surface area (Å²) < 4.78 is 5.74. The van der Waals surface area contributed by atoms with Crippen LogP contribution in [0.2, 0.25) is 0 Å². The highest BCUT2D eigenvalue weighted by atomic mass is 16.3. The number of furan rings is 1. The normalized spacial score (nSPS) is 17.3. The van der Waals surface area contributed by atoms with E-state index in [2.05, 4.69) is 20.2 Å². The smallest absolute Gasteiger partial charge is 0.231 e. The average molecular weight is 364 g/mol. The number of fused-ring (bicyclic) bond motifs is 1. The quantitative estimate of drug-likeness (QED) is 0.760. The third-order valence-electron chi connectivity index (χ3n) is 5.36. The van der Waals surface area contributed by atoms with Gasteiger partial charge in [0.05, 0.1) is 11.3 Å². The van der Waals surface area contributed by atoms with Gasteiger partial charge in [-0.1, -0.05) is 17.7 Å². The number of amides is 1. The molecule has 1 saturated heterocycles. The molecule has 1 atom stereocenters. The van der Waals surface area contributed by atoms with Crippen LogP contribution in [0.5, 0.6) is 0 Å². The van der Waals surface area contributed by atoms with Gasteiger partial charge in [0.2, 0.25) is 11.6 Å². The molecule has 0 aliphatic carbocycles. The molecule has 27 heavy (non-hydrogen) atoms. The Morgan fingerprint density at radius 2 is 1.96 bits per heavy atom. The van der Waals surface area contributed by atoms with Crippen LogP contribution in [-0.2, 0) is 4.79 Å². The third-order valence-corrected chi connectivity index (χ3v) is 5.36. The number of nitrogens with zero attached hydrogens (tertiary/aromatic N) is 3. The predicted octanol–water partition coefficient (Wildman–Crippen LogP) is 4.00. The molecule has 1 amide bonds. The molecular formula is C21H24N4O2. The lowest BCUT2D eigenvalue weighted by Crippen LogP contribution is -2.41. The summed E-state index contributed by atoms with van der Waals surface area (Å²) in [6, 6.07) is 7.90. The maximum absolute atomic E-state index is 12.8. The molecule has 3 heterocycles.